The molecule has 1 aliphatic heterocycles. The van der Waals surface area contributed by atoms with Crippen molar-refractivity contribution in [3.8, 4) is 11.3 Å². The van der Waals surface area contributed by atoms with Gasteiger partial charge in [0.05, 0.1) is 11.0 Å². The summed E-state index contributed by atoms with van der Waals surface area (Å²) in [6.07, 6.45) is 14.5. The van der Waals surface area contributed by atoms with E-state index in [-0.39, 0.29) is 5.92 Å². The third-order valence-corrected chi connectivity index (χ3v) is 6.76. The maximum atomic E-state index is 6.36. The second-order valence-electron chi connectivity index (χ2n) is 7.50. The van der Waals surface area contributed by atoms with Gasteiger partial charge in [0, 0.05) is 53.4 Å². The largest absolute Gasteiger partial charge is 0.433 e. The Balaban J connectivity index is 1.58. The van der Waals surface area contributed by atoms with Crippen molar-refractivity contribution in [3.05, 3.63) is 64.2 Å². The number of fused-ring (bicyclic) bond motifs is 1. The van der Waals surface area contributed by atoms with Crippen molar-refractivity contribution in [3.63, 3.8) is 0 Å². The zero-order valence-electron chi connectivity index (χ0n) is 16.7. The number of allylic oxidation sites excluding steroid dienone is 5. The lowest BCUT2D eigenvalue weighted by Gasteiger charge is -2.18. The van der Waals surface area contributed by atoms with Crippen molar-refractivity contribution in [2.24, 2.45) is 0 Å². The number of H-pyrrole nitrogens is 1. The number of nitrogens with one attached hydrogen (secondary N) is 1. The van der Waals surface area contributed by atoms with E-state index in [4.69, 9.17) is 25.7 Å². The fourth-order valence-corrected chi connectivity index (χ4v) is 4.86. The number of hydrogen-bond acceptors (Lipinski definition) is 5. The second kappa shape index (κ2) is 8.46. The molecule has 0 radical (unpaired) electrons. The third-order valence-electron chi connectivity index (χ3n) is 5.51. The Morgan fingerprint density at radius 3 is 2.97 bits per heavy atom. The molecule has 2 aliphatic rings. The van der Waals surface area contributed by atoms with Gasteiger partial charge in [-0.05, 0) is 55.3 Å². The standard InChI is InChI=1S/C23H22ClN3O2S/c1-14-18(13-26-19-7-10-25-20(14)19)21-23(30-17-4-2-3-16(24)5-6-17)29-22(27-21)15-8-11-28-12-9-15/h2,4-7,10,13,15,25H,3,8-9,11-12H2,1H3. The molecule has 0 amide bonds. The van der Waals surface area contributed by atoms with Gasteiger partial charge < -0.3 is 14.1 Å². The molecule has 0 saturated carbocycles. The Bertz CT molecular complexity index is 1170. The smallest absolute Gasteiger partial charge is 0.199 e. The number of thioether (sulfide) groups is 1. The number of ether oxygens (including phenoxy) is 1. The normalized spacial score (nSPS) is 17.8. The first-order chi connectivity index (χ1) is 14.7. The summed E-state index contributed by atoms with van der Waals surface area (Å²) in [5.74, 6) is 1.07. The molecule has 1 aliphatic carbocycles. The van der Waals surface area contributed by atoms with Gasteiger partial charge in [0.25, 0.3) is 0 Å². The van der Waals surface area contributed by atoms with Crippen LogP contribution in [0.15, 0.2) is 62.2 Å². The predicted octanol–water partition coefficient (Wildman–Crippen LogP) is 6.48. The van der Waals surface area contributed by atoms with E-state index < -0.39 is 0 Å². The van der Waals surface area contributed by atoms with E-state index >= 15 is 0 Å². The third kappa shape index (κ3) is 3.87. The molecule has 0 bridgehead atoms. The Morgan fingerprint density at radius 2 is 2.10 bits per heavy atom. The summed E-state index contributed by atoms with van der Waals surface area (Å²) < 4.78 is 11.9. The Hall–Kier alpha value is -2.28. The molecule has 7 heteroatoms. The lowest BCUT2D eigenvalue weighted by atomic mass is 10.0. The van der Waals surface area contributed by atoms with Crippen LogP contribution in [0, 0.1) is 6.92 Å². The van der Waals surface area contributed by atoms with E-state index in [1.165, 1.54) is 0 Å². The first kappa shape index (κ1) is 19.7. The van der Waals surface area contributed by atoms with Crippen LogP contribution in [-0.4, -0.2) is 28.2 Å². The van der Waals surface area contributed by atoms with Crippen molar-refractivity contribution < 1.29 is 9.15 Å². The van der Waals surface area contributed by atoms with Crippen LogP contribution in [0.25, 0.3) is 22.3 Å². The van der Waals surface area contributed by atoms with Crippen LogP contribution in [-0.2, 0) is 4.74 Å². The van der Waals surface area contributed by atoms with Crippen LogP contribution in [0.1, 0.15) is 36.6 Å². The molecule has 0 aromatic carbocycles. The van der Waals surface area contributed by atoms with Crippen molar-refractivity contribution in [2.45, 2.75) is 37.2 Å². The molecule has 5 nitrogen and oxygen atoms in total. The molecule has 3 aromatic rings. The lowest BCUT2D eigenvalue weighted by Crippen LogP contribution is -2.14. The summed E-state index contributed by atoms with van der Waals surface area (Å²) >= 11 is 7.76. The van der Waals surface area contributed by atoms with E-state index in [1.807, 2.05) is 30.6 Å². The lowest BCUT2D eigenvalue weighted by molar-refractivity contribution is 0.0786. The van der Waals surface area contributed by atoms with E-state index in [1.54, 1.807) is 11.8 Å². The number of pyridine rings is 1. The first-order valence-corrected chi connectivity index (χ1v) is 11.3. The van der Waals surface area contributed by atoms with Gasteiger partial charge in [0.1, 0.15) is 5.69 Å². The minimum Gasteiger partial charge on any atom is -0.433 e. The predicted molar refractivity (Wildman–Crippen MR) is 121 cm³/mol. The van der Waals surface area contributed by atoms with Crippen LogP contribution in [0.4, 0.5) is 0 Å². The van der Waals surface area contributed by atoms with E-state index in [2.05, 4.69) is 29.0 Å². The molecule has 1 fully saturated rings. The maximum absolute atomic E-state index is 6.36. The van der Waals surface area contributed by atoms with Gasteiger partial charge in [-0.1, -0.05) is 23.8 Å². The van der Waals surface area contributed by atoms with Gasteiger partial charge in [-0.15, -0.1) is 0 Å². The van der Waals surface area contributed by atoms with Crippen molar-refractivity contribution in [1.29, 1.82) is 0 Å². The Kier molecular flexibility index (Phi) is 5.54. The highest BCUT2D eigenvalue weighted by molar-refractivity contribution is 8.03. The molecule has 154 valence electrons. The summed E-state index contributed by atoms with van der Waals surface area (Å²) in [5.41, 5.74) is 4.93. The number of aromatic amines is 1. The Labute approximate surface area is 184 Å². The van der Waals surface area contributed by atoms with Gasteiger partial charge in [0.2, 0.25) is 0 Å². The minimum atomic E-state index is 0.280. The number of oxazole rings is 1. The topological polar surface area (TPSA) is 63.9 Å². The number of nitrogens with zero attached hydrogens (tertiary/aromatic N) is 2. The summed E-state index contributed by atoms with van der Waals surface area (Å²) in [6.45, 7) is 3.59. The van der Waals surface area contributed by atoms with Crippen molar-refractivity contribution in [2.75, 3.05) is 13.2 Å². The van der Waals surface area contributed by atoms with Crippen LogP contribution < -0.4 is 0 Å². The molecule has 4 heterocycles. The molecular formula is C23H22ClN3O2S. The summed E-state index contributed by atoms with van der Waals surface area (Å²) in [5, 5.41) is 1.61. The van der Waals surface area contributed by atoms with Crippen LogP contribution >= 0.6 is 23.4 Å². The molecule has 1 N–H and O–H groups in total. The van der Waals surface area contributed by atoms with Gasteiger partial charge in [-0.3, -0.25) is 4.98 Å². The van der Waals surface area contributed by atoms with E-state index in [0.717, 1.165) is 81.3 Å². The first-order valence-electron chi connectivity index (χ1n) is 10.1. The average molecular weight is 440 g/mol. The molecule has 0 atom stereocenters. The molecule has 30 heavy (non-hydrogen) atoms. The van der Waals surface area contributed by atoms with E-state index in [0.29, 0.717) is 0 Å². The summed E-state index contributed by atoms with van der Waals surface area (Å²) in [4.78, 5) is 13.9. The number of hydrogen-bond donors (Lipinski definition) is 1. The highest BCUT2D eigenvalue weighted by atomic mass is 35.5. The number of halogens is 1. The fourth-order valence-electron chi connectivity index (χ4n) is 3.81. The van der Waals surface area contributed by atoms with Gasteiger partial charge in [-0.2, -0.15) is 0 Å². The summed E-state index contributed by atoms with van der Waals surface area (Å²) in [6, 6.07) is 1.98. The molecular weight excluding hydrogens is 418 g/mol. The average Bonchev–Trinajstić information content (AvgIpc) is 3.35. The zero-order valence-corrected chi connectivity index (χ0v) is 18.2. The highest BCUT2D eigenvalue weighted by Gasteiger charge is 2.26. The number of rotatable bonds is 4. The zero-order chi connectivity index (χ0) is 20.5. The van der Waals surface area contributed by atoms with Crippen LogP contribution in [0.2, 0.25) is 0 Å². The number of aryl methyl sites for hydroxylation is 1. The quantitative estimate of drug-likeness (QED) is 0.504. The van der Waals surface area contributed by atoms with Crippen molar-refractivity contribution in [1.82, 2.24) is 15.0 Å². The SMILES string of the molecule is Cc1c(-c2nc(C3CCOCC3)oc2SC2=CC=C(Cl)CC=C2)cnc2cc[nH]c12. The van der Waals surface area contributed by atoms with E-state index in [9.17, 15) is 0 Å². The maximum Gasteiger partial charge on any atom is 0.199 e. The molecule has 3 aromatic heterocycles. The van der Waals surface area contributed by atoms with Crippen molar-refractivity contribution >= 4 is 34.4 Å². The molecule has 5 rings (SSSR count). The molecule has 1 saturated heterocycles. The second-order valence-corrected chi connectivity index (χ2v) is 9.03. The monoisotopic (exact) mass is 439 g/mol. The van der Waals surface area contributed by atoms with Crippen LogP contribution in [0.5, 0.6) is 0 Å². The summed E-state index contributed by atoms with van der Waals surface area (Å²) in [7, 11) is 0. The van der Waals surface area contributed by atoms with Gasteiger partial charge >= 0.3 is 0 Å². The Morgan fingerprint density at radius 1 is 1.23 bits per heavy atom. The molecule has 0 unspecified atom stereocenters. The minimum absolute atomic E-state index is 0.280. The van der Waals surface area contributed by atoms with Gasteiger partial charge in [0.15, 0.2) is 11.0 Å². The fraction of sp³-hybridized carbons (Fsp3) is 0.304. The highest BCUT2D eigenvalue weighted by Crippen LogP contribution is 2.41. The molecule has 0 spiro atoms. The van der Waals surface area contributed by atoms with Crippen LogP contribution in [0.3, 0.4) is 0 Å². The van der Waals surface area contributed by atoms with Gasteiger partial charge in [-0.25, -0.2) is 4.98 Å². The number of aromatic nitrogens is 3.